The van der Waals surface area contributed by atoms with Crippen molar-refractivity contribution in [1.29, 1.82) is 0 Å². The molecular weight excluding hydrogens is 368 g/mol. The Labute approximate surface area is 172 Å². The third kappa shape index (κ3) is 4.50. The van der Waals surface area contributed by atoms with Crippen LogP contribution in [0.4, 0.5) is 0 Å². The van der Waals surface area contributed by atoms with E-state index in [1.54, 1.807) is 7.11 Å². The molecule has 1 aliphatic rings. The van der Waals surface area contributed by atoms with Crippen molar-refractivity contribution in [2.75, 3.05) is 13.7 Å². The Morgan fingerprint density at radius 3 is 2.66 bits per heavy atom. The van der Waals surface area contributed by atoms with Crippen molar-refractivity contribution in [3.63, 3.8) is 0 Å². The second kappa shape index (κ2) is 8.76. The molecule has 29 heavy (non-hydrogen) atoms. The Balaban J connectivity index is 1.85. The second-order valence-electron chi connectivity index (χ2n) is 7.74. The molecule has 0 spiro atoms. The summed E-state index contributed by atoms with van der Waals surface area (Å²) in [6, 6.07) is 7.91. The quantitative estimate of drug-likeness (QED) is 0.578. The molecule has 0 amide bonds. The first-order valence-corrected chi connectivity index (χ1v) is 10.1. The topological polar surface area (TPSA) is 54.0 Å². The smallest absolute Gasteiger partial charge is 0.309 e. The lowest BCUT2D eigenvalue weighted by Gasteiger charge is -2.17. The summed E-state index contributed by atoms with van der Waals surface area (Å²) in [5, 5.41) is 0. The maximum atomic E-state index is 11.8. The summed E-state index contributed by atoms with van der Waals surface area (Å²) in [6.45, 7) is 10.5. The second-order valence-corrected chi connectivity index (χ2v) is 7.74. The fourth-order valence-electron chi connectivity index (χ4n) is 3.80. The number of fused-ring (bicyclic) bond motifs is 1. The summed E-state index contributed by atoms with van der Waals surface area (Å²) in [4.78, 5) is 11.8. The van der Waals surface area contributed by atoms with Gasteiger partial charge in [0.1, 0.15) is 29.1 Å². The van der Waals surface area contributed by atoms with Crippen LogP contribution < -0.4 is 14.2 Å². The zero-order valence-electron chi connectivity index (χ0n) is 18.1. The van der Waals surface area contributed by atoms with Crippen molar-refractivity contribution in [2.45, 2.75) is 59.5 Å². The third-order valence-electron chi connectivity index (χ3n) is 5.26. The largest absolute Gasteiger partial charge is 0.496 e. The maximum Gasteiger partial charge on any atom is 0.309 e. The number of methoxy groups -OCH3 is 1. The van der Waals surface area contributed by atoms with Gasteiger partial charge >= 0.3 is 5.97 Å². The van der Waals surface area contributed by atoms with Gasteiger partial charge in [0.15, 0.2) is 0 Å². The number of carbonyl (C=O) groups excluding carboxylic acids is 1. The van der Waals surface area contributed by atoms with Gasteiger partial charge in [-0.1, -0.05) is 13.8 Å². The standard InChI is InChI=1S/C24H30O5/c1-7-27-23(25)13-18-12-20-16(5)24(15(4)10-22(20)28-18)29-17-8-9-21(26-6)19(11-17)14(2)3/h8-11,14,18H,7,12-13H2,1-6H3. The number of aryl methyl sites for hydroxylation is 1. The highest BCUT2D eigenvalue weighted by Gasteiger charge is 2.29. The zero-order valence-corrected chi connectivity index (χ0v) is 18.1. The Bertz CT molecular complexity index is 901. The van der Waals surface area contributed by atoms with Crippen LogP contribution in [0, 0.1) is 13.8 Å². The van der Waals surface area contributed by atoms with E-state index in [1.807, 2.05) is 45.0 Å². The Kier molecular flexibility index (Phi) is 6.36. The summed E-state index contributed by atoms with van der Waals surface area (Å²) < 4.78 is 22.8. The monoisotopic (exact) mass is 398 g/mol. The molecule has 2 aromatic carbocycles. The number of carbonyl (C=O) groups is 1. The summed E-state index contributed by atoms with van der Waals surface area (Å²) in [6.07, 6.45) is 0.745. The molecule has 5 heteroatoms. The molecule has 2 aromatic rings. The Morgan fingerprint density at radius 1 is 1.24 bits per heavy atom. The molecule has 0 bridgehead atoms. The molecule has 0 saturated carbocycles. The number of esters is 1. The van der Waals surface area contributed by atoms with E-state index in [4.69, 9.17) is 18.9 Å². The molecule has 1 unspecified atom stereocenters. The van der Waals surface area contributed by atoms with Gasteiger partial charge in [-0.05, 0) is 62.1 Å². The van der Waals surface area contributed by atoms with Crippen molar-refractivity contribution < 1.29 is 23.7 Å². The SMILES string of the molecule is CCOC(=O)CC1Cc2c(cc(C)c(Oc3ccc(OC)c(C(C)C)c3)c2C)O1. The van der Waals surface area contributed by atoms with Gasteiger partial charge in [0.2, 0.25) is 0 Å². The lowest BCUT2D eigenvalue weighted by molar-refractivity contribution is -0.144. The third-order valence-corrected chi connectivity index (χ3v) is 5.26. The number of hydrogen-bond donors (Lipinski definition) is 0. The van der Waals surface area contributed by atoms with E-state index < -0.39 is 0 Å². The average Bonchev–Trinajstić information content (AvgIpc) is 3.07. The first kappa shape index (κ1) is 21.0. The average molecular weight is 398 g/mol. The molecule has 0 aliphatic carbocycles. The van der Waals surface area contributed by atoms with Gasteiger partial charge in [-0.15, -0.1) is 0 Å². The van der Waals surface area contributed by atoms with Crippen LogP contribution in [0.25, 0.3) is 0 Å². The van der Waals surface area contributed by atoms with Gasteiger partial charge < -0.3 is 18.9 Å². The zero-order chi connectivity index (χ0) is 21.1. The predicted octanol–water partition coefficient (Wildman–Crippen LogP) is 5.48. The van der Waals surface area contributed by atoms with E-state index in [0.29, 0.717) is 18.9 Å². The number of rotatable bonds is 7. The van der Waals surface area contributed by atoms with E-state index >= 15 is 0 Å². The first-order valence-electron chi connectivity index (χ1n) is 10.1. The number of hydrogen-bond acceptors (Lipinski definition) is 5. The molecule has 0 radical (unpaired) electrons. The van der Waals surface area contributed by atoms with Gasteiger partial charge in [-0.3, -0.25) is 4.79 Å². The summed E-state index contributed by atoms with van der Waals surface area (Å²) >= 11 is 0. The van der Waals surface area contributed by atoms with Crippen LogP contribution in [0.15, 0.2) is 24.3 Å². The minimum Gasteiger partial charge on any atom is -0.496 e. The predicted molar refractivity (Wildman–Crippen MR) is 112 cm³/mol. The van der Waals surface area contributed by atoms with E-state index in [-0.39, 0.29) is 18.5 Å². The Hall–Kier alpha value is -2.69. The van der Waals surface area contributed by atoms with Gasteiger partial charge in [0.05, 0.1) is 20.1 Å². The summed E-state index contributed by atoms with van der Waals surface area (Å²) in [7, 11) is 1.68. The molecule has 0 saturated heterocycles. The van der Waals surface area contributed by atoms with E-state index in [9.17, 15) is 4.79 Å². The van der Waals surface area contributed by atoms with Crippen LogP contribution in [0.2, 0.25) is 0 Å². The van der Waals surface area contributed by atoms with Crippen LogP contribution >= 0.6 is 0 Å². The molecule has 1 aliphatic heterocycles. The van der Waals surface area contributed by atoms with Crippen molar-refractivity contribution in [1.82, 2.24) is 0 Å². The highest BCUT2D eigenvalue weighted by Crippen LogP contribution is 2.42. The molecule has 3 rings (SSSR count). The van der Waals surface area contributed by atoms with Gasteiger partial charge in [0, 0.05) is 17.5 Å². The molecule has 0 N–H and O–H groups in total. The van der Waals surface area contributed by atoms with Crippen molar-refractivity contribution in [2.24, 2.45) is 0 Å². The molecular formula is C24H30O5. The maximum absolute atomic E-state index is 11.8. The van der Waals surface area contributed by atoms with Gasteiger partial charge in [0.25, 0.3) is 0 Å². The van der Waals surface area contributed by atoms with E-state index in [2.05, 4.69) is 13.8 Å². The van der Waals surface area contributed by atoms with Crippen LogP contribution in [-0.4, -0.2) is 25.8 Å². The first-order chi connectivity index (χ1) is 13.8. The Morgan fingerprint density at radius 2 is 2.00 bits per heavy atom. The fraction of sp³-hybridized carbons (Fsp3) is 0.458. The number of ether oxygens (including phenoxy) is 4. The van der Waals surface area contributed by atoms with Crippen LogP contribution in [-0.2, 0) is 16.0 Å². The summed E-state index contributed by atoms with van der Waals surface area (Å²) in [5.41, 5.74) is 4.25. The van der Waals surface area contributed by atoms with Gasteiger partial charge in [-0.25, -0.2) is 0 Å². The van der Waals surface area contributed by atoms with Crippen molar-refractivity contribution in [3.8, 4) is 23.0 Å². The molecule has 1 heterocycles. The van der Waals surface area contributed by atoms with Crippen molar-refractivity contribution >= 4 is 5.97 Å². The molecule has 156 valence electrons. The summed E-state index contributed by atoms with van der Waals surface area (Å²) in [5.74, 6) is 3.42. The highest BCUT2D eigenvalue weighted by atomic mass is 16.5. The van der Waals surface area contributed by atoms with Crippen LogP contribution in [0.5, 0.6) is 23.0 Å². The van der Waals surface area contributed by atoms with Gasteiger partial charge in [-0.2, -0.15) is 0 Å². The lowest BCUT2D eigenvalue weighted by Crippen LogP contribution is -2.19. The van der Waals surface area contributed by atoms with E-state index in [0.717, 1.165) is 45.3 Å². The van der Waals surface area contributed by atoms with Crippen molar-refractivity contribution in [3.05, 3.63) is 46.5 Å². The molecule has 1 atom stereocenters. The van der Waals surface area contributed by atoms with E-state index in [1.165, 1.54) is 0 Å². The minimum absolute atomic E-state index is 0.189. The molecule has 5 nitrogen and oxygen atoms in total. The van der Waals surface area contributed by atoms with Crippen LogP contribution in [0.3, 0.4) is 0 Å². The highest BCUT2D eigenvalue weighted by molar-refractivity contribution is 5.70. The lowest BCUT2D eigenvalue weighted by atomic mass is 9.99. The number of benzene rings is 2. The van der Waals surface area contributed by atoms with Crippen LogP contribution in [0.1, 0.15) is 55.4 Å². The normalized spacial score (nSPS) is 15.1. The molecule has 0 aromatic heterocycles. The molecule has 0 fully saturated rings. The fourth-order valence-corrected chi connectivity index (χ4v) is 3.80. The minimum atomic E-state index is -0.226.